The van der Waals surface area contributed by atoms with E-state index in [2.05, 4.69) is 26.1 Å². The average Bonchev–Trinajstić information content (AvgIpc) is 2.00. The second-order valence-corrected chi connectivity index (χ2v) is 3.97. The van der Waals surface area contributed by atoms with Gasteiger partial charge in [-0.3, -0.25) is 4.79 Å². The first-order valence-electron chi connectivity index (χ1n) is 4.39. The van der Waals surface area contributed by atoms with Crippen LogP contribution >= 0.6 is 0 Å². The third-order valence-corrected chi connectivity index (χ3v) is 2.41. The van der Waals surface area contributed by atoms with E-state index < -0.39 is 0 Å². The number of amides is 1. The zero-order valence-electron chi connectivity index (χ0n) is 8.48. The Bertz CT molecular complexity index is 155. The molecular formula is C9H20N2O. The number of primary amides is 1. The molecule has 0 aliphatic carbocycles. The molecule has 0 heterocycles. The Hall–Kier alpha value is -0.570. The Kier molecular flexibility index (Phi) is 4.24. The van der Waals surface area contributed by atoms with Gasteiger partial charge in [-0.05, 0) is 18.9 Å². The third-order valence-electron chi connectivity index (χ3n) is 2.41. The maximum Gasteiger partial charge on any atom is 0.234 e. The van der Waals surface area contributed by atoms with Crippen molar-refractivity contribution in [2.75, 3.05) is 7.05 Å². The lowest BCUT2D eigenvalue weighted by Gasteiger charge is -2.26. The molecule has 3 nitrogen and oxygen atoms in total. The summed E-state index contributed by atoms with van der Waals surface area (Å²) in [6, 6.07) is -0.194. The minimum absolute atomic E-state index is 0.183. The van der Waals surface area contributed by atoms with Gasteiger partial charge in [0.1, 0.15) is 0 Å². The maximum atomic E-state index is 10.9. The first kappa shape index (κ1) is 11.4. The number of hydrogen-bond donors (Lipinski definition) is 2. The number of carbonyl (C=O) groups is 1. The molecule has 1 amide bonds. The summed E-state index contributed by atoms with van der Waals surface area (Å²) >= 11 is 0. The molecule has 0 aromatic carbocycles. The minimum Gasteiger partial charge on any atom is -0.368 e. The largest absolute Gasteiger partial charge is 0.368 e. The fourth-order valence-corrected chi connectivity index (χ4v) is 1.04. The highest BCUT2D eigenvalue weighted by atomic mass is 16.1. The molecule has 0 saturated heterocycles. The quantitative estimate of drug-likeness (QED) is 0.647. The van der Waals surface area contributed by atoms with Crippen LogP contribution in [-0.4, -0.2) is 19.0 Å². The Morgan fingerprint density at radius 2 is 2.08 bits per heavy atom. The van der Waals surface area contributed by atoms with Gasteiger partial charge in [-0.2, -0.15) is 0 Å². The minimum atomic E-state index is -0.265. The van der Waals surface area contributed by atoms with Gasteiger partial charge in [0.2, 0.25) is 5.91 Å². The summed E-state index contributed by atoms with van der Waals surface area (Å²) in [5.41, 5.74) is 5.39. The number of nitrogens with one attached hydrogen (secondary N) is 1. The van der Waals surface area contributed by atoms with Gasteiger partial charge < -0.3 is 11.1 Å². The van der Waals surface area contributed by atoms with Crippen molar-refractivity contribution in [2.45, 2.75) is 39.7 Å². The van der Waals surface area contributed by atoms with Crippen molar-refractivity contribution in [3.05, 3.63) is 0 Å². The maximum absolute atomic E-state index is 10.9. The number of rotatable bonds is 5. The van der Waals surface area contributed by atoms with Crippen LogP contribution < -0.4 is 11.1 Å². The second-order valence-electron chi connectivity index (χ2n) is 3.97. The van der Waals surface area contributed by atoms with Gasteiger partial charge in [-0.1, -0.05) is 27.2 Å². The van der Waals surface area contributed by atoms with Gasteiger partial charge in [-0.25, -0.2) is 0 Å². The number of hydrogen-bond acceptors (Lipinski definition) is 2. The van der Waals surface area contributed by atoms with Gasteiger partial charge in [-0.15, -0.1) is 0 Å². The Morgan fingerprint density at radius 3 is 2.33 bits per heavy atom. The predicted molar refractivity (Wildman–Crippen MR) is 50.7 cm³/mol. The molecule has 1 unspecified atom stereocenters. The molecule has 0 aliphatic heterocycles. The lowest BCUT2D eigenvalue weighted by atomic mass is 9.83. The smallest absolute Gasteiger partial charge is 0.234 e. The monoisotopic (exact) mass is 172 g/mol. The Morgan fingerprint density at radius 1 is 1.58 bits per heavy atom. The summed E-state index contributed by atoms with van der Waals surface area (Å²) in [5.74, 6) is -0.265. The molecule has 0 bridgehead atoms. The summed E-state index contributed by atoms with van der Waals surface area (Å²) in [7, 11) is 1.77. The van der Waals surface area contributed by atoms with Crippen LogP contribution in [0.2, 0.25) is 0 Å². The number of nitrogens with two attached hydrogens (primary N) is 1. The summed E-state index contributed by atoms with van der Waals surface area (Å²) in [4.78, 5) is 10.9. The standard InChI is InChI=1S/C9H20N2O/c1-5-9(2,3)6-7(11-4)8(10)12/h7,11H,5-6H2,1-4H3,(H2,10,12). The van der Waals surface area contributed by atoms with Gasteiger partial charge in [0, 0.05) is 0 Å². The van der Waals surface area contributed by atoms with E-state index in [9.17, 15) is 4.79 Å². The van der Waals surface area contributed by atoms with Crippen molar-refractivity contribution in [3.63, 3.8) is 0 Å². The van der Waals surface area contributed by atoms with E-state index in [-0.39, 0.29) is 17.4 Å². The number of likely N-dealkylation sites (N-methyl/N-ethyl adjacent to an activating group) is 1. The predicted octanol–water partition coefficient (Wildman–Crippen LogP) is 0.886. The summed E-state index contributed by atoms with van der Waals surface area (Å²) in [5, 5.41) is 2.92. The molecule has 72 valence electrons. The van der Waals surface area contributed by atoms with Crippen LogP contribution in [0.1, 0.15) is 33.6 Å². The Balaban J connectivity index is 4.11. The van der Waals surface area contributed by atoms with E-state index in [4.69, 9.17) is 5.73 Å². The molecule has 1 atom stereocenters. The fourth-order valence-electron chi connectivity index (χ4n) is 1.04. The average molecular weight is 172 g/mol. The fraction of sp³-hybridized carbons (Fsp3) is 0.889. The van der Waals surface area contributed by atoms with E-state index in [1.807, 2.05) is 0 Å². The van der Waals surface area contributed by atoms with Crippen LogP contribution in [0.3, 0.4) is 0 Å². The molecule has 0 radical (unpaired) electrons. The molecule has 3 N–H and O–H groups in total. The lowest BCUT2D eigenvalue weighted by molar-refractivity contribution is -0.120. The molecule has 0 aromatic heterocycles. The summed E-state index contributed by atoms with van der Waals surface area (Å²) < 4.78 is 0. The summed E-state index contributed by atoms with van der Waals surface area (Å²) in [6.45, 7) is 6.40. The van der Waals surface area contributed by atoms with Crippen molar-refractivity contribution in [1.29, 1.82) is 0 Å². The first-order chi connectivity index (χ1) is 5.43. The van der Waals surface area contributed by atoms with Crippen molar-refractivity contribution in [2.24, 2.45) is 11.1 Å². The van der Waals surface area contributed by atoms with E-state index in [0.717, 1.165) is 12.8 Å². The van der Waals surface area contributed by atoms with E-state index in [0.29, 0.717) is 0 Å². The van der Waals surface area contributed by atoms with Crippen molar-refractivity contribution >= 4 is 5.91 Å². The zero-order chi connectivity index (χ0) is 9.78. The highest BCUT2D eigenvalue weighted by molar-refractivity contribution is 5.79. The molecule has 0 aromatic rings. The Labute approximate surface area is 74.7 Å². The molecule has 0 fully saturated rings. The lowest BCUT2D eigenvalue weighted by Crippen LogP contribution is -2.42. The number of carbonyl (C=O) groups excluding carboxylic acids is 1. The van der Waals surface area contributed by atoms with E-state index in [1.54, 1.807) is 7.05 Å². The van der Waals surface area contributed by atoms with Crippen molar-refractivity contribution in [3.8, 4) is 0 Å². The molecule has 0 saturated carbocycles. The van der Waals surface area contributed by atoms with Crippen LogP contribution in [0.15, 0.2) is 0 Å². The molecule has 0 aliphatic rings. The van der Waals surface area contributed by atoms with Crippen LogP contribution in [0.25, 0.3) is 0 Å². The SMILES string of the molecule is CCC(C)(C)CC(NC)C(N)=O. The van der Waals surface area contributed by atoms with Crippen molar-refractivity contribution < 1.29 is 4.79 Å². The van der Waals surface area contributed by atoms with Gasteiger partial charge in [0.05, 0.1) is 6.04 Å². The third kappa shape index (κ3) is 3.72. The van der Waals surface area contributed by atoms with Crippen LogP contribution in [-0.2, 0) is 4.79 Å². The van der Waals surface area contributed by atoms with E-state index >= 15 is 0 Å². The molecular weight excluding hydrogens is 152 g/mol. The second kappa shape index (κ2) is 4.45. The van der Waals surface area contributed by atoms with Crippen LogP contribution in [0, 0.1) is 5.41 Å². The summed E-state index contributed by atoms with van der Waals surface area (Å²) in [6.07, 6.45) is 1.85. The highest BCUT2D eigenvalue weighted by Crippen LogP contribution is 2.25. The topological polar surface area (TPSA) is 55.1 Å². The molecule has 3 heteroatoms. The van der Waals surface area contributed by atoms with E-state index in [1.165, 1.54) is 0 Å². The highest BCUT2D eigenvalue weighted by Gasteiger charge is 2.23. The van der Waals surface area contributed by atoms with Crippen LogP contribution in [0.4, 0.5) is 0 Å². The zero-order valence-corrected chi connectivity index (χ0v) is 8.48. The first-order valence-corrected chi connectivity index (χ1v) is 4.39. The van der Waals surface area contributed by atoms with Gasteiger partial charge in [0.25, 0.3) is 0 Å². The molecule has 12 heavy (non-hydrogen) atoms. The van der Waals surface area contributed by atoms with Crippen LogP contribution in [0.5, 0.6) is 0 Å². The van der Waals surface area contributed by atoms with Crippen molar-refractivity contribution in [1.82, 2.24) is 5.32 Å². The molecule has 0 rings (SSSR count). The van der Waals surface area contributed by atoms with Gasteiger partial charge in [0.15, 0.2) is 0 Å². The normalized spacial score (nSPS) is 14.3. The molecule has 0 spiro atoms. The van der Waals surface area contributed by atoms with Gasteiger partial charge >= 0.3 is 0 Å².